The Hall–Kier alpha value is -1.81. The predicted molar refractivity (Wildman–Crippen MR) is 102 cm³/mol. The quantitative estimate of drug-likeness (QED) is 0.773. The zero-order valence-corrected chi connectivity index (χ0v) is 15.2. The van der Waals surface area contributed by atoms with Crippen LogP contribution in [0.3, 0.4) is 0 Å². The fourth-order valence-electron chi connectivity index (χ4n) is 3.85. The van der Waals surface area contributed by atoms with E-state index < -0.39 is 0 Å². The third-order valence-corrected chi connectivity index (χ3v) is 5.50. The summed E-state index contributed by atoms with van der Waals surface area (Å²) in [4.78, 5) is 14.8. The highest BCUT2D eigenvalue weighted by molar-refractivity contribution is 5.99. The Bertz CT molecular complexity index is 624. The van der Waals surface area contributed by atoms with E-state index in [2.05, 4.69) is 11.4 Å². The number of aliphatic hydroxyl groups is 1. The average molecular weight is 342 g/mol. The van der Waals surface area contributed by atoms with E-state index in [1.807, 2.05) is 36.1 Å². The number of benzene rings is 1. The van der Waals surface area contributed by atoms with Crippen LogP contribution in [0.4, 0.5) is 5.69 Å². The molecule has 0 bridgehead atoms. The Labute approximate surface area is 150 Å². The van der Waals surface area contributed by atoms with Crippen LogP contribution in [0.25, 0.3) is 0 Å². The molecule has 1 aromatic rings. The highest BCUT2D eigenvalue weighted by atomic mass is 16.3. The predicted octanol–water partition coefficient (Wildman–Crippen LogP) is 3.83. The van der Waals surface area contributed by atoms with Gasteiger partial charge in [-0.2, -0.15) is 0 Å². The first kappa shape index (κ1) is 18.0. The summed E-state index contributed by atoms with van der Waals surface area (Å²) < 4.78 is 0. The maximum atomic E-state index is 12.9. The van der Waals surface area contributed by atoms with Crippen LogP contribution in [0, 0.1) is 5.92 Å². The number of carbonyl (C=O) groups excluding carboxylic acids is 1. The molecule has 0 radical (unpaired) electrons. The van der Waals surface area contributed by atoms with Crippen molar-refractivity contribution in [2.24, 2.45) is 5.92 Å². The van der Waals surface area contributed by atoms with Crippen LogP contribution < -0.4 is 5.32 Å². The van der Waals surface area contributed by atoms with Gasteiger partial charge in [-0.1, -0.05) is 23.8 Å². The van der Waals surface area contributed by atoms with Crippen LogP contribution in [-0.4, -0.2) is 41.7 Å². The molecule has 0 spiro atoms. The number of nitrogens with zero attached hydrogens (tertiary/aromatic N) is 1. The maximum absolute atomic E-state index is 12.9. The van der Waals surface area contributed by atoms with Gasteiger partial charge in [0, 0.05) is 31.2 Å². The second-order valence-electron chi connectivity index (χ2n) is 7.37. The lowest BCUT2D eigenvalue weighted by molar-refractivity contribution is 0.0763. The summed E-state index contributed by atoms with van der Waals surface area (Å²) in [5.74, 6) is 0.269. The monoisotopic (exact) mass is 342 g/mol. The molecule has 4 heteroatoms. The molecule has 1 aromatic carbocycles. The summed E-state index contributed by atoms with van der Waals surface area (Å²) in [7, 11) is 0. The van der Waals surface area contributed by atoms with E-state index >= 15 is 0 Å². The highest BCUT2D eigenvalue weighted by Crippen LogP contribution is 2.25. The van der Waals surface area contributed by atoms with Gasteiger partial charge >= 0.3 is 0 Å². The number of para-hydroxylation sites is 1. The molecule has 136 valence electrons. The highest BCUT2D eigenvalue weighted by Gasteiger charge is 2.30. The number of rotatable bonds is 6. The molecule has 1 fully saturated rings. The van der Waals surface area contributed by atoms with E-state index in [1.54, 1.807) is 5.57 Å². The summed E-state index contributed by atoms with van der Waals surface area (Å²) in [6.07, 6.45) is 9.01. The molecule has 2 N–H and O–H groups in total. The van der Waals surface area contributed by atoms with Crippen molar-refractivity contribution >= 4 is 11.6 Å². The molecule has 4 nitrogen and oxygen atoms in total. The Morgan fingerprint density at radius 1 is 1.36 bits per heavy atom. The number of nitrogens with one attached hydrogen (secondary N) is 1. The molecule has 1 saturated heterocycles. The van der Waals surface area contributed by atoms with E-state index in [0.29, 0.717) is 6.54 Å². The fourth-order valence-corrected chi connectivity index (χ4v) is 3.85. The largest absolute Gasteiger partial charge is 0.393 e. The Balaban J connectivity index is 1.60. The molecule has 2 aliphatic rings. The number of likely N-dealkylation sites (tertiary alicyclic amines) is 1. The minimum absolute atomic E-state index is 0.0723. The van der Waals surface area contributed by atoms with E-state index in [-0.39, 0.29) is 17.9 Å². The number of anilines is 1. The molecule has 0 aromatic heterocycles. The van der Waals surface area contributed by atoms with E-state index in [4.69, 9.17) is 0 Å². The van der Waals surface area contributed by atoms with Gasteiger partial charge in [0.15, 0.2) is 0 Å². The normalized spacial score (nSPS) is 21.8. The van der Waals surface area contributed by atoms with Crippen molar-refractivity contribution < 1.29 is 9.90 Å². The van der Waals surface area contributed by atoms with Gasteiger partial charge in [0.1, 0.15) is 0 Å². The Morgan fingerprint density at radius 3 is 2.92 bits per heavy atom. The molecule has 2 unspecified atom stereocenters. The topological polar surface area (TPSA) is 52.6 Å². The first-order valence-corrected chi connectivity index (χ1v) is 9.63. The summed E-state index contributed by atoms with van der Waals surface area (Å²) in [5, 5.41) is 13.2. The molecule has 1 heterocycles. The van der Waals surface area contributed by atoms with Gasteiger partial charge in [0.05, 0.1) is 11.7 Å². The molecule has 0 saturated carbocycles. The first-order valence-electron chi connectivity index (χ1n) is 9.63. The zero-order chi connectivity index (χ0) is 17.6. The number of hydrogen-bond donors (Lipinski definition) is 2. The van der Waals surface area contributed by atoms with Crippen LogP contribution in [0.5, 0.6) is 0 Å². The van der Waals surface area contributed by atoms with Crippen molar-refractivity contribution in [2.75, 3.05) is 25.0 Å². The van der Waals surface area contributed by atoms with Crippen molar-refractivity contribution in [3.8, 4) is 0 Å². The molecular formula is C21H30N2O2. The standard InChI is InChI=1S/C21H30N2O2/c1-16(24)18-12-14-23(15-18)21(25)19-9-5-6-10-20(19)22-13-11-17-7-3-2-4-8-17/h5-7,9-10,16,18,22,24H,2-4,8,11-15H2,1H3. The third kappa shape index (κ3) is 4.63. The molecule has 2 atom stereocenters. The van der Waals surface area contributed by atoms with Gasteiger partial charge in [0.2, 0.25) is 0 Å². The van der Waals surface area contributed by atoms with Crippen molar-refractivity contribution in [3.05, 3.63) is 41.5 Å². The Kier molecular flexibility index (Phi) is 6.14. The van der Waals surface area contributed by atoms with Crippen molar-refractivity contribution in [1.29, 1.82) is 0 Å². The molecular weight excluding hydrogens is 312 g/mol. The maximum Gasteiger partial charge on any atom is 0.255 e. The molecule has 1 aliphatic heterocycles. The van der Waals surface area contributed by atoms with Gasteiger partial charge in [-0.25, -0.2) is 0 Å². The minimum atomic E-state index is -0.352. The first-order chi connectivity index (χ1) is 12.1. The second kappa shape index (κ2) is 8.52. The fraction of sp³-hybridized carbons (Fsp3) is 0.571. The van der Waals surface area contributed by atoms with Crippen molar-refractivity contribution in [2.45, 2.75) is 51.6 Å². The van der Waals surface area contributed by atoms with Crippen LogP contribution in [0.15, 0.2) is 35.9 Å². The van der Waals surface area contributed by atoms with Crippen LogP contribution >= 0.6 is 0 Å². The van der Waals surface area contributed by atoms with Gasteiger partial charge in [-0.3, -0.25) is 4.79 Å². The summed E-state index contributed by atoms with van der Waals surface area (Å²) >= 11 is 0. The summed E-state index contributed by atoms with van der Waals surface area (Å²) in [5.41, 5.74) is 3.21. The minimum Gasteiger partial charge on any atom is -0.393 e. The van der Waals surface area contributed by atoms with Gasteiger partial charge in [-0.05, 0) is 57.6 Å². The number of hydrogen-bond acceptors (Lipinski definition) is 3. The van der Waals surface area contributed by atoms with Crippen LogP contribution in [-0.2, 0) is 0 Å². The lowest BCUT2D eigenvalue weighted by Gasteiger charge is -2.20. The summed E-state index contributed by atoms with van der Waals surface area (Å²) in [6, 6.07) is 7.79. The zero-order valence-electron chi connectivity index (χ0n) is 15.2. The summed E-state index contributed by atoms with van der Waals surface area (Å²) in [6.45, 7) is 4.06. The molecule has 25 heavy (non-hydrogen) atoms. The number of carbonyl (C=O) groups is 1. The van der Waals surface area contributed by atoms with Crippen LogP contribution in [0.2, 0.25) is 0 Å². The lowest BCUT2D eigenvalue weighted by Crippen LogP contribution is -2.31. The van der Waals surface area contributed by atoms with Crippen molar-refractivity contribution in [3.63, 3.8) is 0 Å². The number of aliphatic hydroxyl groups excluding tert-OH is 1. The van der Waals surface area contributed by atoms with E-state index in [0.717, 1.165) is 37.2 Å². The molecule has 3 rings (SSSR count). The second-order valence-corrected chi connectivity index (χ2v) is 7.37. The van der Waals surface area contributed by atoms with Gasteiger partial charge < -0.3 is 15.3 Å². The Morgan fingerprint density at radius 2 is 2.20 bits per heavy atom. The number of allylic oxidation sites excluding steroid dienone is 1. The van der Waals surface area contributed by atoms with Crippen LogP contribution in [0.1, 0.15) is 55.8 Å². The third-order valence-electron chi connectivity index (χ3n) is 5.50. The molecule has 1 amide bonds. The van der Waals surface area contributed by atoms with Gasteiger partial charge in [0.25, 0.3) is 5.91 Å². The SMILES string of the molecule is CC(O)C1CCN(C(=O)c2ccccc2NCCC2=CCCCC2)C1. The van der Waals surface area contributed by atoms with E-state index in [1.165, 1.54) is 25.7 Å². The smallest absolute Gasteiger partial charge is 0.255 e. The lowest BCUT2D eigenvalue weighted by atomic mass is 9.97. The molecule has 1 aliphatic carbocycles. The van der Waals surface area contributed by atoms with Gasteiger partial charge in [-0.15, -0.1) is 0 Å². The average Bonchev–Trinajstić information content (AvgIpc) is 3.13. The van der Waals surface area contributed by atoms with E-state index in [9.17, 15) is 9.90 Å². The van der Waals surface area contributed by atoms with Crippen molar-refractivity contribution in [1.82, 2.24) is 4.90 Å². The number of amides is 1.